The lowest BCUT2D eigenvalue weighted by Crippen LogP contribution is -2.28. The number of hydrogen-bond acceptors (Lipinski definition) is 4. The van der Waals surface area contributed by atoms with E-state index >= 15 is 0 Å². The van der Waals surface area contributed by atoms with Crippen LogP contribution in [0.5, 0.6) is 11.5 Å². The van der Waals surface area contributed by atoms with Gasteiger partial charge in [-0.25, -0.2) is 0 Å². The maximum atomic E-state index is 12.9. The molecule has 2 saturated heterocycles. The highest BCUT2D eigenvalue weighted by molar-refractivity contribution is 5.95. The van der Waals surface area contributed by atoms with Gasteiger partial charge in [-0.05, 0) is 60.7 Å². The van der Waals surface area contributed by atoms with Crippen molar-refractivity contribution in [1.29, 1.82) is 0 Å². The van der Waals surface area contributed by atoms with Gasteiger partial charge >= 0.3 is 0 Å². The van der Waals surface area contributed by atoms with Gasteiger partial charge in [0.25, 0.3) is 0 Å². The van der Waals surface area contributed by atoms with Crippen LogP contribution in [0.1, 0.15) is 42.9 Å². The molecular formula is C25H28N2O4. The van der Waals surface area contributed by atoms with Crippen LogP contribution in [0.15, 0.2) is 48.5 Å². The summed E-state index contributed by atoms with van der Waals surface area (Å²) in [5, 5.41) is 0. The third-order valence-electron chi connectivity index (χ3n) is 6.02. The fourth-order valence-corrected chi connectivity index (χ4v) is 4.39. The van der Waals surface area contributed by atoms with Crippen LogP contribution in [0.4, 0.5) is 5.69 Å². The van der Waals surface area contributed by atoms with Crippen LogP contribution in [0, 0.1) is 0 Å². The molecule has 2 aliphatic rings. The number of methoxy groups -OCH3 is 2. The van der Waals surface area contributed by atoms with Crippen molar-refractivity contribution in [2.45, 2.75) is 31.7 Å². The van der Waals surface area contributed by atoms with Gasteiger partial charge in [0.05, 0.1) is 20.3 Å². The first kappa shape index (κ1) is 21.0. The van der Waals surface area contributed by atoms with Gasteiger partial charge < -0.3 is 19.3 Å². The first-order valence-corrected chi connectivity index (χ1v) is 10.7. The molecule has 2 amide bonds. The molecule has 0 spiro atoms. The van der Waals surface area contributed by atoms with E-state index in [4.69, 9.17) is 9.47 Å². The summed E-state index contributed by atoms with van der Waals surface area (Å²) in [6.45, 7) is 1.51. The molecule has 1 unspecified atom stereocenters. The Kier molecular flexibility index (Phi) is 6.26. The lowest BCUT2D eigenvalue weighted by molar-refractivity contribution is -0.126. The molecule has 0 aromatic heterocycles. The van der Waals surface area contributed by atoms with Crippen molar-refractivity contribution in [1.82, 2.24) is 4.90 Å². The SMILES string of the molecule is COc1ccc(C2CCCN2C(=O)C=Cc2ccc(N3CCCC3=O)cc2)cc1OC. The molecule has 2 aliphatic heterocycles. The Morgan fingerprint density at radius 3 is 2.45 bits per heavy atom. The molecule has 1 atom stereocenters. The standard InChI is InChI=1S/C25H28N2O4/c1-30-22-13-10-19(17-23(22)31-2)21-5-3-16-27(21)25(29)14-9-18-7-11-20(12-8-18)26-15-4-6-24(26)28/h7-14,17,21H,3-6,15-16H2,1-2H3. The summed E-state index contributed by atoms with van der Waals surface area (Å²) in [6.07, 6.45) is 6.89. The maximum Gasteiger partial charge on any atom is 0.247 e. The summed E-state index contributed by atoms with van der Waals surface area (Å²) in [6, 6.07) is 13.6. The van der Waals surface area contributed by atoms with Crippen molar-refractivity contribution in [3.8, 4) is 11.5 Å². The number of hydrogen-bond donors (Lipinski definition) is 0. The smallest absolute Gasteiger partial charge is 0.247 e. The second kappa shape index (κ2) is 9.25. The molecule has 0 aliphatic carbocycles. The Balaban J connectivity index is 1.45. The molecule has 2 aromatic rings. The monoisotopic (exact) mass is 420 g/mol. The van der Waals surface area contributed by atoms with Gasteiger partial charge in [-0.2, -0.15) is 0 Å². The van der Waals surface area contributed by atoms with Gasteiger partial charge in [0, 0.05) is 31.3 Å². The lowest BCUT2D eigenvalue weighted by Gasteiger charge is -2.24. The number of carbonyl (C=O) groups excluding carboxylic acids is 2. The molecule has 162 valence electrons. The van der Waals surface area contributed by atoms with E-state index in [2.05, 4.69) is 0 Å². The van der Waals surface area contributed by atoms with Gasteiger partial charge in [0.2, 0.25) is 11.8 Å². The van der Waals surface area contributed by atoms with Crippen molar-refractivity contribution in [2.75, 3.05) is 32.2 Å². The van der Waals surface area contributed by atoms with Crippen LogP contribution in [0.3, 0.4) is 0 Å². The Morgan fingerprint density at radius 2 is 1.77 bits per heavy atom. The minimum Gasteiger partial charge on any atom is -0.493 e. The van der Waals surface area contributed by atoms with E-state index in [0.717, 1.165) is 49.2 Å². The van der Waals surface area contributed by atoms with E-state index < -0.39 is 0 Å². The van der Waals surface area contributed by atoms with Crippen LogP contribution in [0.2, 0.25) is 0 Å². The second-order valence-electron chi connectivity index (χ2n) is 7.88. The van der Waals surface area contributed by atoms with Gasteiger partial charge in [-0.15, -0.1) is 0 Å². The number of likely N-dealkylation sites (tertiary alicyclic amines) is 1. The van der Waals surface area contributed by atoms with Crippen LogP contribution in [-0.4, -0.2) is 44.0 Å². The molecule has 6 heteroatoms. The average Bonchev–Trinajstić information content (AvgIpc) is 3.46. The maximum absolute atomic E-state index is 12.9. The molecule has 31 heavy (non-hydrogen) atoms. The first-order valence-electron chi connectivity index (χ1n) is 10.7. The lowest BCUT2D eigenvalue weighted by atomic mass is 10.0. The first-order chi connectivity index (χ1) is 15.1. The number of ether oxygens (including phenoxy) is 2. The zero-order valence-electron chi connectivity index (χ0n) is 18.0. The zero-order valence-corrected chi connectivity index (χ0v) is 18.0. The van der Waals surface area contributed by atoms with E-state index in [1.807, 2.05) is 58.3 Å². The Bertz CT molecular complexity index is 984. The molecular weight excluding hydrogens is 392 g/mol. The third kappa shape index (κ3) is 4.43. The third-order valence-corrected chi connectivity index (χ3v) is 6.02. The molecule has 2 heterocycles. The van der Waals surface area contributed by atoms with Crippen molar-refractivity contribution in [3.63, 3.8) is 0 Å². The van der Waals surface area contributed by atoms with Crippen LogP contribution in [0.25, 0.3) is 6.08 Å². The number of nitrogens with zero attached hydrogens (tertiary/aromatic N) is 2. The quantitative estimate of drug-likeness (QED) is 0.657. The minimum absolute atomic E-state index is 0.00363. The molecule has 0 radical (unpaired) electrons. The predicted molar refractivity (Wildman–Crippen MR) is 120 cm³/mol. The molecule has 2 fully saturated rings. The minimum atomic E-state index is -0.00363. The largest absolute Gasteiger partial charge is 0.493 e. The van der Waals surface area contributed by atoms with E-state index in [0.29, 0.717) is 17.9 Å². The fraction of sp³-hybridized carbons (Fsp3) is 0.360. The fourth-order valence-electron chi connectivity index (χ4n) is 4.39. The number of carbonyl (C=O) groups is 2. The molecule has 0 N–H and O–H groups in total. The van der Waals surface area contributed by atoms with Crippen LogP contribution >= 0.6 is 0 Å². The summed E-state index contributed by atoms with van der Waals surface area (Å²) in [5.41, 5.74) is 2.90. The normalized spacial score (nSPS) is 18.8. The van der Waals surface area contributed by atoms with Crippen LogP contribution in [-0.2, 0) is 9.59 Å². The number of rotatable bonds is 6. The topological polar surface area (TPSA) is 59.1 Å². The van der Waals surface area contributed by atoms with Crippen molar-refractivity contribution in [3.05, 3.63) is 59.7 Å². The number of benzene rings is 2. The summed E-state index contributed by atoms with van der Waals surface area (Å²) in [5.74, 6) is 1.53. The number of amides is 2. The molecule has 2 aromatic carbocycles. The summed E-state index contributed by atoms with van der Waals surface area (Å²) >= 11 is 0. The second-order valence-corrected chi connectivity index (χ2v) is 7.88. The van der Waals surface area contributed by atoms with Crippen molar-refractivity contribution < 1.29 is 19.1 Å². The Morgan fingerprint density at radius 1 is 1.00 bits per heavy atom. The summed E-state index contributed by atoms with van der Waals surface area (Å²) in [4.78, 5) is 28.5. The van der Waals surface area contributed by atoms with Crippen molar-refractivity contribution in [2.24, 2.45) is 0 Å². The van der Waals surface area contributed by atoms with E-state index in [1.54, 1.807) is 20.3 Å². The molecule has 0 bridgehead atoms. The molecule has 4 rings (SSSR count). The number of anilines is 1. The highest BCUT2D eigenvalue weighted by Gasteiger charge is 2.29. The Labute approximate surface area is 183 Å². The van der Waals surface area contributed by atoms with Gasteiger partial charge in [0.1, 0.15) is 0 Å². The van der Waals surface area contributed by atoms with E-state index in [-0.39, 0.29) is 17.9 Å². The highest BCUT2D eigenvalue weighted by atomic mass is 16.5. The van der Waals surface area contributed by atoms with Crippen LogP contribution < -0.4 is 14.4 Å². The summed E-state index contributed by atoms with van der Waals surface area (Å²) in [7, 11) is 3.23. The van der Waals surface area contributed by atoms with Gasteiger partial charge in [-0.1, -0.05) is 18.2 Å². The zero-order chi connectivity index (χ0) is 21.8. The van der Waals surface area contributed by atoms with Gasteiger partial charge in [-0.3, -0.25) is 9.59 Å². The average molecular weight is 421 g/mol. The van der Waals surface area contributed by atoms with E-state index in [1.165, 1.54) is 0 Å². The highest BCUT2D eigenvalue weighted by Crippen LogP contribution is 2.37. The van der Waals surface area contributed by atoms with Crippen molar-refractivity contribution >= 4 is 23.6 Å². The Hall–Kier alpha value is -3.28. The predicted octanol–water partition coefficient (Wildman–Crippen LogP) is 4.21. The van der Waals surface area contributed by atoms with E-state index in [9.17, 15) is 9.59 Å². The molecule has 6 nitrogen and oxygen atoms in total. The summed E-state index contributed by atoms with van der Waals surface area (Å²) < 4.78 is 10.7. The molecule has 0 saturated carbocycles. The van der Waals surface area contributed by atoms with Gasteiger partial charge in [0.15, 0.2) is 11.5 Å².